The molecule has 41 heavy (non-hydrogen) atoms. The van der Waals surface area contributed by atoms with E-state index < -0.39 is 11.1 Å². The molecule has 8 heteroatoms. The number of allylic oxidation sites excluding steroid dienone is 2. The van der Waals surface area contributed by atoms with Crippen LogP contribution in [0.2, 0.25) is 0 Å². The molecule has 0 radical (unpaired) electrons. The monoisotopic (exact) mass is 556 g/mol. The molecule has 0 unspecified atom stereocenters. The van der Waals surface area contributed by atoms with E-state index in [1.165, 1.54) is 0 Å². The third-order valence-corrected chi connectivity index (χ3v) is 9.04. The van der Waals surface area contributed by atoms with Crippen molar-refractivity contribution in [1.82, 2.24) is 15.5 Å². The molecule has 8 bridgehead atoms. The molecule has 7 heterocycles. The van der Waals surface area contributed by atoms with Crippen molar-refractivity contribution in [3.63, 3.8) is 0 Å². The molecule has 3 atom stereocenters. The normalized spacial score (nSPS) is 28.1. The molecule has 7 aliphatic heterocycles. The van der Waals surface area contributed by atoms with E-state index in [0.29, 0.717) is 37.2 Å². The van der Waals surface area contributed by atoms with Gasteiger partial charge in [-0.25, -0.2) is 0 Å². The summed E-state index contributed by atoms with van der Waals surface area (Å²) in [7, 11) is 0. The van der Waals surface area contributed by atoms with Gasteiger partial charge in [-0.3, -0.25) is 19.9 Å². The summed E-state index contributed by atoms with van der Waals surface area (Å²) in [6.45, 7) is 6.63. The van der Waals surface area contributed by atoms with Gasteiger partial charge in [0.1, 0.15) is 17.1 Å². The fraction of sp³-hybridized carbons (Fsp3) is 0.485. The summed E-state index contributed by atoms with van der Waals surface area (Å²) >= 11 is 0. The molecule has 0 spiro atoms. The van der Waals surface area contributed by atoms with Gasteiger partial charge in [0.05, 0.1) is 25.1 Å². The number of carbonyl (C=O) groups is 2. The highest BCUT2D eigenvalue weighted by atomic mass is 16.5. The number of ether oxygens (including phenoxy) is 2. The lowest BCUT2D eigenvalue weighted by atomic mass is 9.83. The lowest BCUT2D eigenvalue weighted by Crippen LogP contribution is -2.63. The third-order valence-electron chi connectivity index (χ3n) is 9.04. The highest BCUT2D eigenvalue weighted by Crippen LogP contribution is 2.42. The van der Waals surface area contributed by atoms with Crippen molar-refractivity contribution < 1.29 is 19.1 Å². The van der Waals surface area contributed by atoms with E-state index >= 15 is 0 Å². The van der Waals surface area contributed by atoms with E-state index in [2.05, 4.69) is 61.8 Å². The van der Waals surface area contributed by atoms with E-state index in [-0.39, 0.29) is 29.9 Å². The Balaban J connectivity index is 1.39. The Morgan fingerprint density at radius 1 is 1.07 bits per heavy atom. The molecular weight excluding hydrogens is 516 g/mol. The van der Waals surface area contributed by atoms with Crippen LogP contribution in [0.15, 0.2) is 48.6 Å². The van der Waals surface area contributed by atoms with Gasteiger partial charge in [-0.1, -0.05) is 31.2 Å². The predicted molar refractivity (Wildman–Crippen MR) is 157 cm³/mol. The minimum absolute atomic E-state index is 0.0526. The molecule has 0 aliphatic carbocycles. The van der Waals surface area contributed by atoms with Crippen LogP contribution in [0.25, 0.3) is 0 Å². The zero-order chi connectivity index (χ0) is 28.8. The zero-order valence-corrected chi connectivity index (χ0v) is 24.2. The summed E-state index contributed by atoms with van der Waals surface area (Å²) in [6, 6.07) is 11.1. The summed E-state index contributed by atoms with van der Waals surface area (Å²) < 4.78 is 12.3. The molecule has 3 N–H and O–H groups in total. The van der Waals surface area contributed by atoms with E-state index in [1.54, 1.807) is 11.0 Å². The van der Waals surface area contributed by atoms with Gasteiger partial charge in [0.25, 0.3) is 5.91 Å². The van der Waals surface area contributed by atoms with E-state index in [9.17, 15) is 9.59 Å². The highest BCUT2D eigenvalue weighted by molar-refractivity contribution is 6.00. The first-order valence-electron chi connectivity index (χ1n) is 14.9. The summed E-state index contributed by atoms with van der Waals surface area (Å²) in [5, 5.41) is 15.6. The van der Waals surface area contributed by atoms with Crippen LogP contribution in [0.1, 0.15) is 105 Å². The Morgan fingerprint density at radius 3 is 2.73 bits per heavy atom. The minimum atomic E-state index is -0.432. The second-order valence-electron chi connectivity index (χ2n) is 12.5. The molecule has 2 aromatic rings. The molecule has 1 saturated heterocycles. The third kappa shape index (κ3) is 5.32. The van der Waals surface area contributed by atoms with Gasteiger partial charge in [-0.05, 0) is 75.8 Å². The van der Waals surface area contributed by atoms with Crippen molar-refractivity contribution in [1.29, 1.82) is 5.41 Å². The van der Waals surface area contributed by atoms with Crippen molar-refractivity contribution in [2.75, 3.05) is 6.61 Å². The van der Waals surface area contributed by atoms with Crippen molar-refractivity contribution in [2.24, 2.45) is 0 Å². The zero-order valence-electron chi connectivity index (χ0n) is 24.2. The number of benzene rings is 2. The van der Waals surface area contributed by atoms with Crippen molar-refractivity contribution >= 4 is 17.8 Å². The van der Waals surface area contributed by atoms with Crippen LogP contribution in [-0.4, -0.2) is 40.4 Å². The van der Waals surface area contributed by atoms with E-state index in [1.807, 2.05) is 12.1 Å². The number of hydrogen-bond donors (Lipinski definition) is 3. The molecule has 7 aliphatic rings. The number of nitrogens with zero attached hydrogens (tertiary/aromatic N) is 1. The molecule has 9 rings (SSSR count). The Hall–Kier alpha value is -3.81. The maximum atomic E-state index is 13.7. The van der Waals surface area contributed by atoms with Crippen LogP contribution in [0, 0.1) is 5.41 Å². The predicted octanol–water partition coefficient (Wildman–Crippen LogP) is 5.73. The smallest absolute Gasteiger partial charge is 0.251 e. The first-order chi connectivity index (χ1) is 19.7. The van der Waals surface area contributed by atoms with Crippen LogP contribution in [0.5, 0.6) is 11.5 Å². The van der Waals surface area contributed by atoms with Crippen LogP contribution >= 0.6 is 0 Å². The van der Waals surface area contributed by atoms with Crippen molar-refractivity contribution in [3.8, 4) is 11.5 Å². The number of guanidine groups is 1. The van der Waals surface area contributed by atoms with Gasteiger partial charge in [0.2, 0.25) is 5.91 Å². The Bertz CT molecular complexity index is 1400. The molecule has 2 aromatic carbocycles. The lowest BCUT2D eigenvalue weighted by Gasteiger charge is -2.46. The second-order valence-corrected chi connectivity index (χ2v) is 12.5. The second kappa shape index (κ2) is 10.5. The first kappa shape index (κ1) is 27.4. The molecule has 8 nitrogen and oxygen atoms in total. The Morgan fingerprint density at radius 2 is 1.93 bits per heavy atom. The molecule has 1 fully saturated rings. The van der Waals surface area contributed by atoms with Gasteiger partial charge >= 0.3 is 0 Å². The Labute approximate surface area is 242 Å². The summed E-state index contributed by atoms with van der Waals surface area (Å²) in [4.78, 5) is 28.9. The van der Waals surface area contributed by atoms with Gasteiger partial charge < -0.3 is 20.1 Å². The number of hydrogen-bond acceptors (Lipinski definition) is 5. The van der Waals surface area contributed by atoms with Crippen molar-refractivity contribution in [3.05, 3.63) is 70.8 Å². The van der Waals surface area contributed by atoms with E-state index in [4.69, 9.17) is 14.9 Å². The first-order valence-corrected chi connectivity index (χ1v) is 14.9. The maximum Gasteiger partial charge on any atom is 0.251 e. The average Bonchev–Trinajstić information content (AvgIpc) is 2.93. The maximum absolute atomic E-state index is 13.7. The summed E-state index contributed by atoms with van der Waals surface area (Å²) in [6.07, 6.45) is 10.1. The van der Waals surface area contributed by atoms with Crippen LogP contribution in [-0.2, 0) is 11.2 Å². The minimum Gasteiger partial charge on any atom is -0.493 e. The Kier molecular flexibility index (Phi) is 7.04. The molecule has 2 amide bonds. The topological polar surface area (TPSA) is 104 Å². The number of rotatable bonds is 1. The molecular formula is C33H40N4O4. The SMILES string of the molecule is CC[C@]12CCC/C=C/Cc3ccc4c(c3)OC(C)(C)C[C@@H]4NC(=O)c3ccc4c(c3)[C@@H](CCO4)N(C(=N)N1)C(=O)C2. The van der Waals surface area contributed by atoms with Gasteiger partial charge in [-0.2, -0.15) is 0 Å². The largest absolute Gasteiger partial charge is 0.493 e. The fourth-order valence-electron chi connectivity index (χ4n) is 6.80. The standard InChI is InChI=1S/C33H40N4O4/c1-4-33-15-8-6-5-7-9-21-10-12-23-25(19-32(2,3)41-28(23)17-21)35-30(39)22-11-13-27-24(18-22)26(14-16-40-27)37(29(38)20-33)31(34)36-33/h5,7,10-13,17-18,25-26H,4,6,8-9,14-16,19-20H2,1-3H3,(H2,34,36)(H,35,39)/b7-5+/t25-,26+,33+/m0/s1. The summed E-state index contributed by atoms with van der Waals surface area (Å²) in [5.74, 6) is 1.37. The van der Waals surface area contributed by atoms with Crippen LogP contribution in [0.3, 0.4) is 0 Å². The fourth-order valence-corrected chi connectivity index (χ4v) is 6.80. The summed E-state index contributed by atoms with van der Waals surface area (Å²) in [5.41, 5.74) is 2.55. The number of amides is 2. The van der Waals surface area contributed by atoms with E-state index in [0.717, 1.165) is 54.5 Å². The lowest BCUT2D eigenvalue weighted by molar-refractivity contribution is -0.133. The molecule has 0 aromatic heterocycles. The van der Waals surface area contributed by atoms with Crippen LogP contribution in [0.4, 0.5) is 0 Å². The molecule has 0 saturated carbocycles. The molecule has 216 valence electrons. The number of nitrogens with one attached hydrogen (secondary N) is 3. The number of carbonyl (C=O) groups excluding carboxylic acids is 2. The highest BCUT2D eigenvalue weighted by Gasteiger charge is 2.44. The van der Waals surface area contributed by atoms with Crippen LogP contribution < -0.4 is 20.1 Å². The van der Waals surface area contributed by atoms with Gasteiger partial charge in [-0.15, -0.1) is 0 Å². The van der Waals surface area contributed by atoms with Gasteiger partial charge in [0, 0.05) is 35.1 Å². The average molecular weight is 557 g/mol. The quantitative estimate of drug-likeness (QED) is 0.389. The van der Waals surface area contributed by atoms with Crippen molar-refractivity contribution in [2.45, 2.75) is 95.4 Å². The van der Waals surface area contributed by atoms with Gasteiger partial charge in [0.15, 0.2) is 5.96 Å².